The summed E-state index contributed by atoms with van der Waals surface area (Å²) in [4.78, 5) is 23.8. The molecule has 0 saturated heterocycles. The molecule has 0 aliphatic carbocycles. The summed E-state index contributed by atoms with van der Waals surface area (Å²) in [6, 6.07) is 8.02. The van der Waals surface area contributed by atoms with Gasteiger partial charge in [0.1, 0.15) is 5.75 Å². The molecule has 2 aromatic rings. The molecule has 0 saturated carbocycles. The third-order valence-corrected chi connectivity index (χ3v) is 4.20. The smallest absolute Gasteiger partial charge is 0.280 e. The van der Waals surface area contributed by atoms with Crippen molar-refractivity contribution in [3.63, 3.8) is 0 Å². The van der Waals surface area contributed by atoms with Crippen molar-refractivity contribution in [1.29, 1.82) is 0 Å². The van der Waals surface area contributed by atoms with E-state index in [0.29, 0.717) is 6.54 Å². The fourth-order valence-electron chi connectivity index (χ4n) is 2.43. The maximum absolute atomic E-state index is 12.1. The Morgan fingerprint density at radius 1 is 1.14 bits per heavy atom. The van der Waals surface area contributed by atoms with Crippen LogP contribution in [0.4, 0.5) is 11.6 Å². The number of hydrogen-bond acceptors (Lipinski definition) is 7. The van der Waals surface area contributed by atoms with Crippen LogP contribution in [0.15, 0.2) is 29.3 Å². The van der Waals surface area contributed by atoms with Gasteiger partial charge in [-0.25, -0.2) is 9.97 Å². The van der Waals surface area contributed by atoms with E-state index in [1.54, 1.807) is 7.11 Å². The van der Waals surface area contributed by atoms with Crippen molar-refractivity contribution in [2.45, 2.75) is 25.7 Å². The lowest BCUT2D eigenvalue weighted by Gasteiger charge is -2.07. The maximum atomic E-state index is 12.1. The SMILES string of the molecule is COc1ccc(CCCCCN=C(N)NC(=O)c2nc(Cl)c(N)nc2N)cc1.Cl. The van der Waals surface area contributed by atoms with Crippen molar-refractivity contribution in [3.05, 3.63) is 40.7 Å². The number of hydrogen-bond donors (Lipinski definition) is 4. The van der Waals surface area contributed by atoms with Crippen molar-refractivity contribution >= 4 is 47.5 Å². The molecule has 0 aliphatic rings. The minimum Gasteiger partial charge on any atom is -0.497 e. The van der Waals surface area contributed by atoms with Gasteiger partial charge < -0.3 is 21.9 Å². The van der Waals surface area contributed by atoms with Crippen LogP contribution in [0.3, 0.4) is 0 Å². The highest BCUT2D eigenvalue weighted by Crippen LogP contribution is 2.17. The number of benzene rings is 1. The van der Waals surface area contributed by atoms with Gasteiger partial charge in [-0.05, 0) is 37.0 Å². The molecular weight excluding hydrogens is 417 g/mol. The molecule has 1 amide bonds. The number of nitrogens with zero attached hydrogens (tertiary/aromatic N) is 3. The number of halogens is 2. The summed E-state index contributed by atoms with van der Waals surface area (Å²) in [5.74, 6) is 0.00396. The molecule has 1 heterocycles. The van der Waals surface area contributed by atoms with Crippen LogP contribution in [0.1, 0.15) is 35.3 Å². The monoisotopic (exact) mass is 441 g/mol. The molecule has 0 unspecified atom stereocenters. The Bertz CT molecular complexity index is 845. The van der Waals surface area contributed by atoms with E-state index in [9.17, 15) is 4.79 Å². The van der Waals surface area contributed by atoms with Crippen LogP contribution in [0.2, 0.25) is 5.15 Å². The van der Waals surface area contributed by atoms with Crippen LogP contribution < -0.4 is 27.3 Å². The number of rotatable bonds is 8. The first-order valence-corrected chi connectivity index (χ1v) is 9.11. The first-order chi connectivity index (χ1) is 13.4. The normalized spacial score (nSPS) is 10.9. The van der Waals surface area contributed by atoms with Gasteiger partial charge >= 0.3 is 0 Å². The van der Waals surface area contributed by atoms with Crippen molar-refractivity contribution in [2.24, 2.45) is 10.7 Å². The first kappa shape index (κ1) is 24.3. The largest absolute Gasteiger partial charge is 0.497 e. The number of aryl methyl sites for hydroxylation is 1. The minimum absolute atomic E-state index is 0. The highest BCUT2D eigenvalue weighted by atomic mass is 35.5. The van der Waals surface area contributed by atoms with Gasteiger partial charge in [-0.2, -0.15) is 0 Å². The van der Waals surface area contributed by atoms with Gasteiger partial charge in [-0.3, -0.25) is 15.1 Å². The van der Waals surface area contributed by atoms with E-state index in [1.807, 2.05) is 12.1 Å². The quantitative estimate of drug-likeness (QED) is 0.277. The predicted octanol–water partition coefficient (Wildman–Crippen LogP) is 2.18. The number of carbonyl (C=O) groups is 1. The fraction of sp³-hybridized carbons (Fsp3) is 0.333. The summed E-state index contributed by atoms with van der Waals surface area (Å²) >= 11 is 5.76. The molecule has 0 atom stereocenters. The van der Waals surface area contributed by atoms with Crippen molar-refractivity contribution < 1.29 is 9.53 Å². The van der Waals surface area contributed by atoms with Crippen LogP contribution in [-0.4, -0.2) is 35.5 Å². The Hall–Kier alpha value is -2.78. The zero-order valence-electron chi connectivity index (χ0n) is 16.0. The summed E-state index contributed by atoms with van der Waals surface area (Å²) in [6.45, 7) is 0.498. The molecule has 2 rings (SSSR count). The number of nitrogens with one attached hydrogen (secondary N) is 1. The second-order valence-corrected chi connectivity index (χ2v) is 6.37. The number of anilines is 2. The fourth-order valence-corrected chi connectivity index (χ4v) is 2.56. The number of ether oxygens (including phenoxy) is 1. The number of aromatic nitrogens is 2. The molecule has 0 bridgehead atoms. The van der Waals surface area contributed by atoms with Crippen LogP contribution in [0, 0.1) is 0 Å². The Morgan fingerprint density at radius 2 is 1.83 bits per heavy atom. The third-order valence-electron chi connectivity index (χ3n) is 3.93. The van der Waals surface area contributed by atoms with E-state index in [4.69, 9.17) is 33.5 Å². The highest BCUT2D eigenvalue weighted by Gasteiger charge is 2.16. The maximum Gasteiger partial charge on any atom is 0.280 e. The number of aliphatic imine (C=N–C) groups is 1. The van der Waals surface area contributed by atoms with E-state index in [0.717, 1.165) is 31.4 Å². The van der Waals surface area contributed by atoms with E-state index in [1.165, 1.54) is 5.56 Å². The lowest BCUT2D eigenvalue weighted by molar-refractivity contribution is 0.0972. The van der Waals surface area contributed by atoms with Gasteiger partial charge in [0.05, 0.1) is 7.11 Å². The molecule has 9 nitrogen and oxygen atoms in total. The molecule has 0 spiro atoms. The topological polar surface area (TPSA) is 155 Å². The van der Waals surface area contributed by atoms with Crippen LogP contribution in [-0.2, 0) is 6.42 Å². The molecule has 0 fully saturated rings. The van der Waals surface area contributed by atoms with Gasteiger partial charge in [0.2, 0.25) is 0 Å². The van der Waals surface area contributed by atoms with E-state index >= 15 is 0 Å². The average Bonchev–Trinajstić information content (AvgIpc) is 2.67. The number of carbonyl (C=O) groups excluding carboxylic acids is 1. The summed E-state index contributed by atoms with van der Waals surface area (Å²) in [6.07, 6.45) is 3.85. The van der Waals surface area contributed by atoms with E-state index < -0.39 is 5.91 Å². The summed E-state index contributed by atoms with van der Waals surface area (Å²) in [7, 11) is 1.65. The lowest BCUT2D eigenvalue weighted by atomic mass is 10.1. The standard InChI is InChI=1S/C18H24ClN7O2.ClH/c1-28-12-8-6-11(7-9-12)5-3-2-4-10-23-18(22)26-17(27)13-15(20)25-16(21)14(19)24-13;/h6-9H,2-5,10H2,1H3,(H4,20,21,25)(H3,22,23,26,27);1H. The number of methoxy groups -OCH3 is 1. The molecule has 11 heteroatoms. The van der Waals surface area contributed by atoms with Gasteiger partial charge in [0.15, 0.2) is 28.4 Å². The zero-order chi connectivity index (χ0) is 20.5. The molecule has 29 heavy (non-hydrogen) atoms. The van der Waals surface area contributed by atoms with Gasteiger partial charge in [0.25, 0.3) is 5.91 Å². The first-order valence-electron chi connectivity index (χ1n) is 8.73. The Kier molecular flexibility index (Phi) is 9.98. The number of amides is 1. The number of nitrogens with two attached hydrogens (primary N) is 3. The van der Waals surface area contributed by atoms with Crippen molar-refractivity contribution in [3.8, 4) is 5.75 Å². The average molecular weight is 442 g/mol. The van der Waals surface area contributed by atoms with Crippen LogP contribution in [0.5, 0.6) is 5.75 Å². The summed E-state index contributed by atoms with van der Waals surface area (Å²) in [5.41, 5.74) is 17.9. The number of nitrogen functional groups attached to an aromatic ring is 2. The van der Waals surface area contributed by atoms with Gasteiger partial charge in [-0.1, -0.05) is 30.2 Å². The summed E-state index contributed by atoms with van der Waals surface area (Å²) in [5, 5.41) is 2.30. The Labute approximate surface area is 180 Å². The van der Waals surface area contributed by atoms with Crippen molar-refractivity contribution in [1.82, 2.24) is 15.3 Å². The highest BCUT2D eigenvalue weighted by molar-refractivity contribution is 6.31. The molecule has 158 valence electrons. The van der Waals surface area contributed by atoms with Crippen LogP contribution >= 0.6 is 24.0 Å². The minimum atomic E-state index is -0.646. The van der Waals surface area contributed by atoms with E-state index in [-0.39, 0.29) is 40.8 Å². The van der Waals surface area contributed by atoms with Gasteiger partial charge in [-0.15, -0.1) is 12.4 Å². The second kappa shape index (κ2) is 11.9. The van der Waals surface area contributed by atoms with Crippen molar-refractivity contribution in [2.75, 3.05) is 25.1 Å². The lowest BCUT2D eigenvalue weighted by Crippen LogP contribution is -2.38. The Balaban J connectivity index is 0.00000420. The summed E-state index contributed by atoms with van der Waals surface area (Å²) < 4.78 is 5.14. The number of guanidine groups is 1. The predicted molar refractivity (Wildman–Crippen MR) is 118 cm³/mol. The van der Waals surface area contributed by atoms with Gasteiger partial charge in [0, 0.05) is 6.54 Å². The van der Waals surface area contributed by atoms with Crippen LogP contribution in [0.25, 0.3) is 0 Å². The van der Waals surface area contributed by atoms with E-state index in [2.05, 4.69) is 32.4 Å². The zero-order valence-corrected chi connectivity index (χ0v) is 17.6. The molecule has 7 N–H and O–H groups in total. The second-order valence-electron chi connectivity index (χ2n) is 6.01. The molecule has 0 radical (unpaired) electrons. The molecule has 1 aromatic heterocycles. The number of unbranched alkanes of at least 4 members (excludes halogenated alkanes) is 2. The molecule has 1 aromatic carbocycles. The molecular formula is C18H25Cl2N7O2. The Morgan fingerprint density at radius 3 is 2.48 bits per heavy atom. The molecule has 0 aliphatic heterocycles. The third kappa shape index (κ3) is 7.63.